The van der Waals surface area contributed by atoms with Crippen LogP contribution in [0.25, 0.3) is 33.3 Å². The Morgan fingerprint density at radius 1 is 1.10 bits per heavy atom. The molecule has 1 saturated heterocycles. The fourth-order valence-corrected chi connectivity index (χ4v) is 8.78. The number of phenolic OH excluding ortho intramolecular Hbond substituents is 1. The van der Waals surface area contributed by atoms with E-state index in [-0.39, 0.29) is 43.3 Å². The zero-order valence-corrected chi connectivity index (χ0v) is 38.7. The summed E-state index contributed by atoms with van der Waals surface area (Å²) in [6.45, 7) is 15.9. The summed E-state index contributed by atoms with van der Waals surface area (Å²) in [5, 5.41) is 17.0. The van der Waals surface area contributed by atoms with Gasteiger partial charge in [0.1, 0.15) is 18.1 Å². The van der Waals surface area contributed by atoms with Crippen LogP contribution < -0.4 is 16.5 Å². The largest absolute Gasteiger partial charge is 0.508 e. The lowest BCUT2D eigenvalue weighted by Gasteiger charge is -2.33. The van der Waals surface area contributed by atoms with Crippen LogP contribution in [0, 0.1) is 16.7 Å². The van der Waals surface area contributed by atoms with E-state index < -0.39 is 28.8 Å². The molecule has 2 aromatic carbocycles. The minimum absolute atomic E-state index is 0.0169. The number of fused-ring (bicyclic) bond motifs is 1. The average molecular weight is 868 g/mol. The number of aryl methyl sites for hydroxylation is 1. The lowest BCUT2D eigenvalue weighted by Crippen LogP contribution is -2.55. The summed E-state index contributed by atoms with van der Waals surface area (Å²) in [6.07, 6.45) is 6.98. The minimum atomic E-state index is -0.902. The van der Waals surface area contributed by atoms with Crippen molar-refractivity contribution in [2.75, 3.05) is 47.4 Å². The van der Waals surface area contributed by atoms with E-state index >= 15 is 0 Å². The van der Waals surface area contributed by atoms with Crippen molar-refractivity contribution in [1.29, 1.82) is 0 Å². The lowest BCUT2D eigenvalue weighted by molar-refractivity contribution is -0.144. The number of nitrogens with zero attached hydrogens (tertiary/aromatic N) is 4. The van der Waals surface area contributed by atoms with Crippen molar-refractivity contribution < 1.29 is 33.8 Å². The second kappa shape index (κ2) is 21.5. The van der Waals surface area contributed by atoms with Gasteiger partial charge in [-0.15, -0.1) is 0 Å². The molecule has 3 heterocycles. The van der Waals surface area contributed by atoms with Crippen molar-refractivity contribution in [3.63, 3.8) is 0 Å². The smallest absolute Gasteiger partial charge is 0.293 e. The Hall–Kier alpha value is -5.15. The number of aldehydes is 1. The fourth-order valence-electron chi connectivity index (χ4n) is 8.78. The third-order valence-electron chi connectivity index (χ3n) is 12.4. The molecule has 2 fully saturated rings. The molecule has 1 aliphatic carbocycles. The standard InChI is InChI=1S/C44H57N5O7.C5H12N2/c1-9-49-37-13-12-30(21-35(37)36(22-43(5,6)25-56-26-51)40(49)34-11-10-16-46-38(34)28(4)55-8)31-17-29(19-33(52)20-31)18-32(23-50)47-41(53)39(27(2)3)48(7)42(54)44(24-45)14-15-44;1-7-5-3-2-4-6-7/h10-13,16-17,19-21,23,26-28,32,39,52H,9,14-15,18,22,24-25,45H2,1-8H3,(H,47,53);6H,2-5H2,1H3. The van der Waals surface area contributed by atoms with E-state index in [9.17, 15) is 24.3 Å². The van der Waals surface area contributed by atoms with E-state index in [0.717, 1.165) is 51.1 Å². The highest BCUT2D eigenvalue weighted by atomic mass is 16.5. The Bertz CT molecular complexity index is 2210. The number of likely N-dealkylation sites (N-methyl/N-ethyl adjacent to an activating group) is 1. The molecule has 6 rings (SSSR count). The Balaban J connectivity index is 0.000000971. The molecule has 14 heteroatoms. The molecule has 2 amide bonds. The Kier molecular flexibility index (Phi) is 16.7. The second-order valence-corrected chi connectivity index (χ2v) is 18.3. The van der Waals surface area contributed by atoms with Gasteiger partial charge in [0.25, 0.3) is 6.47 Å². The maximum absolute atomic E-state index is 13.6. The zero-order chi connectivity index (χ0) is 46.1. The topological polar surface area (TPSA) is 181 Å². The van der Waals surface area contributed by atoms with Crippen molar-refractivity contribution in [3.8, 4) is 28.1 Å². The number of benzene rings is 2. The molecule has 14 nitrogen and oxygen atoms in total. The van der Waals surface area contributed by atoms with E-state index in [1.165, 1.54) is 24.3 Å². The van der Waals surface area contributed by atoms with Crippen molar-refractivity contribution >= 4 is 35.5 Å². The van der Waals surface area contributed by atoms with E-state index in [1.807, 2.05) is 39.0 Å². The molecular formula is C49H69N7O7. The number of carbonyl (C=O) groups excluding carboxylic acids is 4. The first-order valence-electron chi connectivity index (χ1n) is 22.2. The maximum Gasteiger partial charge on any atom is 0.293 e. The van der Waals surface area contributed by atoms with Crippen LogP contribution >= 0.6 is 0 Å². The first-order chi connectivity index (χ1) is 30.0. The number of carbonyl (C=O) groups is 4. The molecule has 2 aromatic heterocycles. The highest BCUT2D eigenvalue weighted by Crippen LogP contribution is 2.46. The van der Waals surface area contributed by atoms with E-state index in [1.54, 1.807) is 32.5 Å². The van der Waals surface area contributed by atoms with Crippen LogP contribution in [0.2, 0.25) is 0 Å². The van der Waals surface area contributed by atoms with Crippen LogP contribution in [0.3, 0.4) is 0 Å². The van der Waals surface area contributed by atoms with Crippen LogP contribution in [0.5, 0.6) is 5.75 Å². The van der Waals surface area contributed by atoms with Gasteiger partial charge in [-0.1, -0.05) is 39.8 Å². The quantitative estimate of drug-likeness (QED) is 0.0788. The van der Waals surface area contributed by atoms with Gasteiger partial charge in [0.15, 0.2) is 0 Å². The number of methoxy groups -OCH3 is 1. The van der Waals surface area contributed by atoms with Crippen molar-refractivity contribution in [3.05, 3.63) is 71.5 Å². The van der Waals surface area contributed by atoms with Crippen LogP contribution in [-0.2, 0) is 48.0 Å². The van der Waals surface area contributed by atoms with Gasteiger partial charge in [0.2, 0.25) is 11.8 Å². The lowest BCUT2D eigenvalue weighted by atomic mass is 9.84. The Morgan fingerprint density at radius 3 is 2.41 bits per heavy atom. The van der Waals surface area contributed by atoms with Gasteiger partial charge in [0.05, 0.1) is 35.6 Å². The van der Waals surface area contributed by atoms with Crippen molar-refractivity contribution in [1.82, 2.24) is 30.2 Å². The van der Waals surface area contributed by atoms with Gasteiger partial charge < -0.3 is 39.9 Å². The Labute approximate surface area is 372 Å². The molecule has 342 valence electrons. The van der Waals surface area contributed by atoms with Crippen LogP contribution in [0.4, 0.5) is 0 Å². The van der Waals surface area contributed by atoms with Gasteiger partial charge in [-0.3, -0.25) is 24.8 Å². The molecular weight excluding hydrogens is 799 g/mol. The van der Waals surface area contributed by atoms with Crippen molar-refractivity contribution in [2.45, 2.75) is 105 Å². The Morgan fingerprint density at radius 2 is 1.84 bits per heavy atom. The van der Waals surface area contributed by atoms with E-state index in [0.29, 0.717) is 44.1 Å². The third-order valence-corrected chi connectivity index (χ3v) is 12.4. The maximum atomic E-state index is 13.6. The van der Waals surface area contributed by atoms with Crippen molar-refractivity contribution in [2.24, 2.45) is 22.5 Å². The predicted molar refractivity (Wildman–Crippen MR) is 247 cm³/mol. The first-order valence-corrected chi connectivity index (χ1v) is 22.2. The third kappa shape index (κ3) is 11.7. The van der Waals surface area contributed by atoms with E-state index in [4.69, 9.17) is 20.2 Å². The minimum Gasteiger partial charge on any atom is -0.508 e. The van der Waals surface area contributed by atoms with Gasteiger partial charge in [0, 0.05) is 75.5 Å². The molecule has 3 unspecified atom stereocenters. The SMILES string of the molecule is CCn1c(-c2cccnc2C(C)OC)c(CC(C)(C)COC=O)c2cc(-c3cc(O)cc(CC(C=O)NC(=O)C(C(C)C)N(C)C(=O)C4(CN)CC4)c3)ccc21.CN1CCCCN1. The number of hydrogen-bond donors (Lipinski definition) is 4. The summed E-state index contributed by atoms with van der Waals surface area (Å²) in [6, 6.07) is 13.7. The fraction of sp³-hybridized carbons (Fsp3) is 0.531. The van der Waals surface area contributed by atoms with Gasteiger partial charge in [-0.05, 0) is 117 Å². The molecule has 3 atom stereocenters. The average Bonchev–Trinajstić information content (AvgIpc) is 4.02. The van der Waals surface area contributed by atoms with Crippen LogP contribution in [-0.4, -0.2) is 109 Å². The molecule has 2 aliphatic rings. The number of pyridine rings is 1. The number of nitrogens with one attached hydrogen (secondary N) is 2. The normalized spacial score (nSPS) is 16.4. The summed E-state index contributed by atoms with van der Waals surface area (Å²) in [4.78, 5) is 56.8. The highest BCUT2D eigenvalue weighted by Gasteiger charge is 2.51. The number of amides is 2. The molecule has 1 aliphatic heterocycles. The summed E-state index contributed by atoms with van der Waals surface area (Å²) in [5.74, 6) is -0.771. The molecule has 4 aromatic rings. The molecule has 0 spiro atoms. The number of aromatic hydroxyl groups is 1. The van der Waals surface area contributed by atoms with Gasteiger partial charge in [-0.25, -0.2) is 5.01 Å². The second-order valence-electron chi connectivity index (χ2n) is 18.3. The number of rotatable bonds is 19. The summed E-state index contributed by atoms with van der Waals surface area (Å²) < 4.78 is 13.3. The number of ether oxygens (including phenoxy) is 2. The summed E-state index contributed by atoms with van der Waals surface area (Å²) in [5.41, 5.74) is 15.2. The molecule has 0 bridgehead atoms. The summed E-state index contributed by atoms with van der Waals surface area (Å²) >= 11 is 0. The number of phenols is 1. The number of nitrogens with two attached hydrogens (primary N) is 1. The van der Waals surface area contributed by atoms with Gasteiger partial charge in [-0.2, -0.15) is 0 Å². The zero-order valence-electron chi connectivity index (χ0n) is 38.7. The number of hydrogen-bond acceptors (Lipinski definition) is 11. The first kappa shape index (κ1) is 48.9. The van der Waals surface area contributed by atoms with E-state index in [2.05, 4.69) is 66.3 Å². The number of hydrazine groups is 1. The number of aromatic nitrogens is 2. The van der Waals surface area contributed by atoms with Crippen LogP contribution in [0.1, 0.15) is 90.2 Å². The van der Waals surface area contributed by atoms with Crippen LogP contribution in [0.15, 0.2) is 54.7 Å². The molecule has 0 radical (unpaired) electrons. The predicted octanol–water partition coefficient (Wildman–Crippen LogP) is 6.21. The molecule has 1 saturated carbocycles. The van der Waals surface area contributed by atoms with Gasteiger partial charge >= 0.3 is 0 Å². The molecule has 5 N–H and O–H groups in total. The monoisotopic (exact) mass is 868 g/mol. The highest BCUT2D eigenvalue weighted by molar-refractivity contribution is 5.96. The summed E-state index contributed by atoms with van der Waals surface area (Å²) in [7, 11) is 5.37. The molecule has 63 heavy (non-hydrogen) atoms.